The molecule has 0 radical (unpaired) electrons. The normalized spacial score (nSPS) is 15.0. The van der Waals surface area contributed by atoms with Crippen LogP contribution in [0.5, 0.6) is 11.5 Å². The van der Waals surface area contributed by atoms with Crippen molar-refractivity contribution in [3.63, 3.8) is 0 Å². The Morgan fingerprint density at radius 2 is 1.91 bits per heavy atom. The number of rotatable bonds is 7. The molecule has 0 aromatic heterocycles. The first kappa shape index (κ1) is 17.0. The number of nitrogens with one attached hydrogen (secondary N) is 1. The van der Waals surface area contributed by atoms with Gasteiger partial charge in [-0.1, -0.05) is 0 Å². The lowest BCUT2D eigenvalue weighted by atomic mass is 10.2. The van der Waals surface area contributed by atoms with E-state index in [1.54, 1.807) is 0 Å². The van der Waals surface area contributed by atoms with Gasteiger partial charge in [-0.2, -0.15) is 4.72 Å². The third-order valence-electron chi connectivity index (χ3n) is 3.10. The summed E-state index contributed by atoms with van der Waals surface area (Å²) in [6, 6.07) is 2.51. The number of carboxylic acids is 1. The van der Waals surface area contributed by atoms with E-state index in [2.05, 4.69) is 0 Å². The molecule has 1 heterocycles. The molecule has 1 amide bonds. The SMILES string of the molecule is NC(=O)CCC(NS(=O)(=O)c1ccc2c(c1)OCCO2)C(=O)O. The quantitative estimate of drug-likeness (QED) is 0.602. The summed E-state index contributed by atoms with van der Waals surface area (Å²) in [5.41, 5.74) is 4.95. The molecule has 1 aliphatic heterocycles. The van der Waals surface area contributed by atoms with Crippen molar-refractivity contribution in [2.45, 2.75) is 23.8 Å². The summed E-state index contributed by atoms with van der Waals surface area (Å²) in [4.78, 5) is 21.7. The fourth-order valence-corrected chi connectivity index (χ4v) is 3.20. The molecule has 0 saturated carbocycles. The van der Waals surface area contributed by atoms with Crippen LogP contribution in [-0.2, 0) is 19.6 Å². The first-order chi connectivity index (χ1) is 10.8. The number of benzene rings is 1. The van der Waals surface area contributed by atoms with E-state index in [1.807, 2.05) is 4.72 Å². The third kappa shape index (κ3) is 4.33. The fourth-order valence-electron chi connectivity index (χ4n) is 1.97. The van der Waals surface area contributed by atoms with Gasteiger partial charge >= 0.3 is 5.97 Å². The molecule has 0 aliphatic carbocycles. The molecule has 23 heavy (non-hydrogen) atoms. The predicted molar refractivity (Wildman–Crippen MR) is 77.6 cm³/mol. The molecule has 0 bridgehead atoms. The van der Waals surface area contributed by atoms with Gasteiger partial charge in [0.05, 0.1) is 4.90 Å². The number of nitrogens with two attached hydrogens (primary N) is 1. The van der Waals surface area contributed by atoms with Crippen molar-refractivity contribution in [1.29, 1.82) is 0 Å². The second-order valence-electron chi connectivity index (χ2n) is 4.82. The van der Waals surface area contributed by atoms with Crippen LogP contribution in [0.15, 0.2) is 23.1 Å². The van der Waals surface area contributed by atoms with Gasteiger partial charge in [0.1, 0.15) is 19.3 Å². The number of hydrogen-bond donors (Lipinski definition) is 3. The summed E-state index contributed by atoms with van der Waals surface area (Å²) in [7, 11) is -4.10. The number of hydrogen-bond acceptors (Lipinski definition) is 6. The minimum Gasteiger partial charge on any atom is -0.486 e. The number of amides is 1. The van der Waals surface area contributed by atoms with Gasteiger partial charge in [-0.3, -0.25) is 9.59 Å². The van der Waals surface area contributed by atoms with Gasteiger partial charge < -0.3 is 20.3 Å². The molecule has 4 N–H and O–H groups in total. The highest BCUT2D eigenvalue weighted by molar-refractivity contribution is 7.89. The molecule has 1 aliphatic rings. The van der Waals surface area contributed by atoms with E-state index < -0.39 is 27.9 Å². The van der Waals surface area contributed by atoms with Crippen LogP contribution in [0.4, 0.5) is 0 Å². The van der Waals surface area contributed by atoms with Gasteiger partial charge in [0.25, 0.3) is 0 Å². The lowest BCUT2D eigenvalue weighted by Crippen LogP contribution is -2.41. The number of carbonyl (C=O) groups excluding carboxylic acids is 1. The Balaban J connectivity index is 2.19. The lowest BCUT2D eigenvalue weighted by molar-refractivity contribution is -0.139. The molecule has 2 rings (SSSR count). The minimum absolute atomic E-state index is 0.160. The fraction of sp³-hybridized carbons (Fsp3) is 0.385. The molecule has 126 valence electrons. The van der Waals surface area contributed by atoms with Crippen LogP contribution in [0, 0.1) is 0 Å². The van der Waals surface area contributed by atoms with Crippen molar-refractivity contribution in [3.05, 3.63) is 18.2 Å². The first-order valence-corrected chi connectivity index (χ1v) is 8.21. The summed E-state index contributed by atoms with van der Waals surface area (Å²) < 4.78 is 37.2. The first-order valence-electron chi connectivity index (χ1n) is 6.72. The van der Waals surface area contributed by atoms with Crippen molar-refractivity contribution in [2.75, 3.05) is 13.2 Å². The Hall–Kier alpha value is -2.33. The number of primary amides is 1. The largest absolute Gasteiger partial charge is 0.486 e. The molecule has 0 fully saturated rings. The average molecular weight is 344 g/mol. The molecule has 0 saturated heterocycles. The second kappa shape index (κ2) is 6.84. The van der Waals surface area contributed by atoms with Crippen molar-refractivity contribution in [1.82, 2.24) is 4.72 Å². The Labute approximate surface area is 132 Å². The Kier molecular flexibility index (Phi) is 5.06. The van der Waals surface area contributed by atoms with E-state index in [1.165, 1.54) is 18.2 Å². The van der Waals surface area contributed by atoms with Crippen LogP contribution in [0.3, 0.4) is 0 Å². The zero-order valence-corrected chi connectivity index (χ0v) is 12.8. The molecule has 1 unspecified atom stereocenters. The third-order valence-corrected chi connectivity index (χ3v) is 4.57. The van der Waals surface area contributed by atoms with E-state index in [4.69, 9.17) is 20.3 Å². The van der Waals surface area contributed by atoms with Gasteiger partial charge in [0.15, 0.2) is 11.5 Å². The van der Waals surface area contributed by atoms with E-state index in [0.29, 0.717) is 19.0 Å². The molecule has 1 aromatic rings. The van der Waals surface area contributed by atoms with Gasteiger partial charge in [-0.25, -0.2) is 8.42 Å². The second-order valence-corrected chi connectivity index (χ2v) is 6.54. The summed E-state index contributed by atoms with van der Waals surface area (Å²) in [5, 5.41) is 9.06. The molecule has 0 spiro atoms. The summed E-state index contributed by atoms with van der Waals surface area (Å²) in [6.45, 7) is 0.659. The van der Waals surface area contributed by atoms with Crippen LogP contribution in [-0.4, -0.2) is 44.7 Å². The van der Waals surface area contributed by atoms with E-state index >= 15 is 0 Å². The Morgan fingerprint density at radius 1 is 1.26 bits per heavy atom. The Morgan fingerprint density at radius 3 is 2.52 bits per heavy atom. The molecule has 10 heteroatoms. The maximum absolute atomic E-state index is 12.3. The summed E-state index contributed by atoms with van der Waals surface area (Å²) in [5.74, 6) is -1.43. The maximum atomic E-state index is 12.3. The van der Waals surface area contributed by atoms with Gasteiger partial charge in [-0.05, 0) is 18.6 Å². The molecule has 1 aromatic carbocycles. The zero-order chi connectivity index (χ0) is 17.0. The van der Waals surface area contributed by atoms with Crippen molar-refractivity contribution < 1.29 is 32.6 Å². The van der Waals surface area contributed by atoms with Crippen LogP contribution < -0.4 is 19.9 Å². The molecule has 9 nitrogen and oxygen atoms in total. The standard InChI is InChI=1S/C13H16N2O7S/c14-12(16)4-2-9(13(17)18)15-23(19,20)8-1-3-10-11(7-8)22-6-5-21-10/h1,3,7,9,15H,2,4-6H2,(H2,14,16)(H,17,18). The van der Waals surface area contributed by atoms with Crippen LogP contribution in [0.25, 0.3) is 0 Å². The van der Waals surface area contributed by atoms with Crippen molar-refractivity contribution in [3.8, 4) is 11.5 Å². The minimum atomic E-state index is -4.10. The van der Waals surface area contributed by atoms with E-state index in [0.717, 1.165) is 0 Å². The maximum Gasteiger partial charge on any atom is 0.321 e. The highest BCUT2D eigenvalue weighted by Crippen LogP contribution is 2.32. The number of fused-ring (bicyclic) bond motifs is 1. The average Bonchev–Trinajstić information content (AvgIpc) is 2.50. The molecular weight excluding hydrogens is 328 g/mol. The summed E-state index contributed by atoms with van der Waals surface area (Å²) in [6.07, 6.45) is -0.491. The van der Waals surface area contributed by atoms with Crippen LogP contribution in [0.2, 0.25) is 0 Å². The van der Waals surface area contributed by atoms with Crippen molar-refractivity contribution >= 4 is 21.9 Å². The van der Waals surface area contributed by atoms with Crippen molar-refractivity contribution in [2.24, 2.45) is 5.73 Å². The number of carboxylic acid groups (broad SMARTS) is 1. The molecule has 1 atom stereocenters. The Bertz CT molecular complexity index is 717. The van der Waals surface area contributed by atoms with Crippen LogP contribution >= 0.6 is 0 Å². The van der Waals surface area contributed by atoms with Gasteiger partial charge in [0.2, 0.25) is 15.9 Å². The predicted octanol–water partition coefficient (Wildman–Crippen LogP) is -0.545. The smallest absolute Gasteiger partial charge is 0.321 e. The number of aliphatic carboxylic acids is 1. The number of sulfonamides is 1. The van der Waals surface area contributed by atoms with E-state index in [-0.39, 0.29) is 23.5 Å². The summed E-state index contributed by atoms with van der Waals surface area (Å²) >= 11 is 0. The number of ether oxygens (including phenoxy) is 2. The van der Waals surface area contributed by atoms with E-state index in [9.17, 15) is 18.0 Å². The number of carbonyl (C=O) groups is 2. The highest BCUT2D eigenvalue weighted by Gasteiger charge is 2.27. The zero-order valence-electron chi connectivity index (χ0n) is 12.0. The van der Waals surface area contributed by atoms with Crippen LogP contribution in [0.1, 0.15) is 12.8 Å². The highest BCUT2D eigenvalue weighted by atomic mass is 32.2. The monoisotopic (exact) mass is 344 g/mol. The molecular formula is C13H16N2O7S. The van der Waals surface area contributed by atoms with Gasteiger partial charge in [0, 0.05) is 12.5 Å². The topological polar surface area (TPSA) is 145 Å². The van der Waals surface area contributed by atoms with Gasteiger partial charge in [-0.15, -0.1) is 0 Å². The lowest BCUT2D eigenvalue weighted by Gasteiger charge is -2.19.